The fraction of sp³-hybridized carbons (Fsp3) is 0.467. The van der Waals surface area contributed by atoms with Gasteiger partial charge in [-0.05, 0) is 43.0 Å². The van der Waals surface area contributed by atoms with E-state index in [0.29, 0.717) is 16.5 Å². The van der Waals surface area contributed by atoms with Gasteiger partial charge in [0.05, 0.1) is 12.0 Å². The summed E-state index contributed by atoms with van der Waals surface area (Å²) >= 11 is 3.36. The zero-order valence-corrected chi connectivity index (χ0v) is 12.8. The average Bonchev–Trinajstić information content (AvgIpc) is 3.25. The first kappa shape index (κ1) is 14.5. The van der Waals surface area contributed by atoms with Crippen LogP contribution in [0.1, 0.15) is 37.3 Å². The molecule has 1 N–H and O–H groups in total. The molecule has 1 aliphatic heterocycles. The van der Waals surface area contributed by atoms with Gasteiger partial charge in [-0.2, -0.15) is 0 Å². The number of likely N-dealkylation sites (tertiary alicyclic amines) is 1. The summed E-state index contributed by atoms with van der Waals surface area (Å²) in [6, 6.07) is 3.71. The maximum absolute atomic E-state index is 13.6. The van der Waals surface area contributed by atoms with Crippen LogP contribution < -0.4 is 0 Å². The molecule has 2 unspecified atom stereocenters. The lowest BCUT2D eigenvalue weighted by Crippen LogP contribution is -2.46. The maximum Gasteiger partial charge on any atom is 0.308 e. The molecule has 1 heterocycles. The number of carboxylic acid groups (broad SMARTS) is 1. The van der Waals surface area contributed by atoms with Crippen LogP contribution in [-0.2, 0) is 9.59 Å². The fourth-order valence-corrected chi connectivity index (χ4v) is 3.55. The van der Waals surface area contributed by atoms with E-state index in [1.54, 1.807) is 11.0 Å². The van der Waals surface area contributed by atoms with Crippen molar-refractivity contribution >= 4 is 27.8 Å². The molecule has 6 heteroatoms. The van der Waals surface area contributed by atoms with Crippen LogP contribution in [0.4, 0.5) is 4.39 Å². The smallest absolute Gasteiger partial charge is 0.308 e. The number of hydrogen-bond acceptors (Lipinski definition) is 2. The van der Waals surface area contributed by atoms with E-state index in [1.165, 1.54) is 12.1 Å². The van der Waals surface area contributed by atoms with E-state index in [0.717, 1.165) is 12.8 Å². The zero-order valence-electron chi connectivity index (χ0n) is 11.3. The lowest BCUT2D eigenvalue weighted by atomic mass is 9.84. The third-order valence-electron chi connectivity index (χ3n) is 4.17. The lowest BCUT2D eigenvalue weighted by Gasteiger charge is -2.40. The van der Waals surface area contributed by atoms with Gasteiger partial charge in [-0.3, -0.25) is 9.59 Å². The first-order valence-electron chi connectivity index (χ1n) is 6.98. The monoisotopic (exact) mass is 355 g/mol. The van der Waals surface area contributed by atoms with E-state index in [4.69, 9.17) is 0 Å². The highest BCUT2D eigenvalue weighted by Gasteiger charge is 2.47. The van der Waals surface area contributed by atoms with Gasteiger partial charge in [0.2, 0.25) is 5.91 Å². The Bertz CT molecular complexity index is 603. The van der Waals surface area contributed by atoms with Crippen molar-refractivity contribution < 1.29 is 19.1 Å². The molecule has 0 bridgehead atoms. The molecule has 0 radical (unpaired) electrons. The van der Waals surface area contributed by atoms with Crippen molar-refractivity contribution in [2.45, 2.75) is 37.8 Å². The normalized spacial score (nSPS) is 26.0. The van der Waals surface area contributed by atoms with Gasteiger partial charge in [0.25, 0.3) is 0 Å². The van der Waals surface area contributed by atoms with E-state index in [2.05, 4.69) is 15.9 Å². The number of aliphatic carboxylic acids is 1. The fourth-order valence-electron chi connectivity index (χ4n) is 3.06. The molecule has 1 saturated heterocycles. The second-order valence-corrected chi connectivity index (χ2v) is 6.48. The van der Waals surface area contributed by atoms with Crippen molar-refractivity contribution in [2.75, 3.05) is 0 Å². The van der Waals surface area contributed by atoms with Gasteiger partial charge >= 0.3 is 5.97 Å². The Labute approximate surface area is 130 Å². The van der Waals surface area contributed by atoms with Crippen molar-refractivity contribution in [3.05, 3.63) is 34.1 Å². The summed E-state index contributed by atoms with van der Waals surface area (Å²) in [4.78, 5) is 25.5. The summed E-state index contributed by atoms with van der Waals surface area (Å²) in [5.41, 5.74) is 0.544. The van der Waals surface area contributed by atoms with Crippen LogP contribution in [0.2, 0.25) is 0 Å². The highest BCUT2D eigenvalue weighted by atomic mass is 79.9. The standard InChI is InChI=1S/C15H15BrFNO3/c16-12-5-1-8(17)7-11(12)14-10(15(20)21)4-6-13(19)18(14)9-2-3-9/h1,5,7,9-10,14H,2-4,6H2,(H,20,21). The lowest BCUT2D eigenvalue weighted by molar-refractivity contribution is -0.152. The number of carbonyl (C=O) groups excluding carboxylic acids is 1. The topological polar surface area (TPSA) is 57.6 Å². The van der Waals surface area contributed by atoms with Crippen LogP contribution in [0.5, 0.6) is 0 Å². The number of nitrogens with zero attached hydrogens (tertiary/aromatic N) is 1. The Morgan fingerprint density at radius 3 is 2.67 bits per heavy atom. The van der Waals surface area contributed by atoms with Gasteiger partial charge in [0.15, 0.2) is 0 Å². The molecule has 1 saturated carbocycles. The number of benzene rings is 1. The SMILES string of the molecule is O=C(O)C1CCC(=O)N(C2CC2)C1c1cc(F)ccc1Br. The average molecular weight is 356 g/mol. The third kappa shape index (κ3) is 2.69. The number of carbonyl (C=O) groups is 2. The Kier molecular flexibility index (Phi) is 3.73. The maximum atomic E-state index is 13.6. The van der Waals surface area contributed by atoms with Crippen LogP contribution >= 0.6 is 15.9 Å². The van der Waals surface area contributed by atoms with E-state index >= 15 is 0 Å². The Morgan fingerprint density at radius 1 is 1.33 bits per heavy atom. The van der Waals surface area contributed by atoms with Gasteiger partial charge in [0, 0.05) is 16.9 Å². The summed E-state index contributed by atoms with van der Waals surface area (Å²) < 4.78 is 14.2. The minimum Gasteiger partial charge on any atom is -0.481 e. The van der Waals surface area contributed by atoms with Gasteiger partial charge in [-0.15, -0.1) is 0 Å². The first-order valence-corrected chi connectivity index (χ1v) is 7.77. The summed E-state index contributed by atoms with van der Waals surface area (Å²) in [5.74, 6) is -2.09. The van der Waals surface area contributed by atoms with Gasteiger partial charge in [-0.1, -0.05) is 15.9 Å². The molecule has 1 amide bonds. The summed E-state index contributed by atoms with van der Waals surface area (Å²) in [6.45, 7) is 0. The molecule has 0 aromatic heterocycles. The van der Waals surface area contributed by atoms with Crippen LogP contribution in [0.15, 0.2) is 22.7 Å². The minimum absolute atomic E-state index is 0.0313. The summed E-state index contributed by atoms with van der Waals surface area (Å²) in [7, 11) is 0. The molecule has 1 aromatic carbocycles. The predicted octanol–water partition coefficient (Wildman–Crippen LogP) is 3.11. The highest BCUT2D eigenvalue weighted by molar-refractivity contribution is 9.10. The minimum atomic E-state index is -0.936. The molecule has 1 aliphatic carbocycles. The molecule has 112 valence electrons. The Balaban J connectivity index is 2.08. The molecule has 21 heavy (non-hydrogen) atoms. The molecule has 4 nitrogen and oxygen atoms in total. The first-order chi connectivity index (χ1) is 9.99. The van der Waals surface area contributed by atoms with Crippen LogP contribution in [0, 0.1) is 11.7 Å². The number of carboxylic acids is 1. The second-order valence-electron chi connectivity index (χ2n) is 5.63. The molecule has 2 aliphatic rings. The van der Waals surface area contributed by atoms with E-state index < -0.39 is 23.7 Å². The molecular weight excluding hydrogens is 341 g/mol. The van der Waals surface area contributed by atoms with Crippen LogP contribution in [0.3, 0.4) is 0 Å². The van der Waals surface area contributed by atoms with Crippen LogP contribution in [-0.4, -0.2) is 27.9 Å². The van der Waals surface area contributed by atoms with E-state index in [1.807, 2.05) is 0 Å². The van der Waals surface area contributed by atoms with Crippen molar-refractivity contribution in [1.29, 1.82) is 0 Å². The Morgan fingerprint density at radius 2 is 2.05 bits per heavy atom. The van der Waals surface area contributed by atoms with Crippen LogP contribution in [0.25, 0.3) is 0 Å². The summed E-state index contributed by atoms with van der Waals surface area (Å²) in [5, 5.41) is 9.49. The van der Waals surface area contributed by atoms with Gasteiger partial charge < -0.3 is 10.0 Å². The summed E-state index contributed by atoms with van der Waals surface area (Å²) in [6.07, 6.45) is 2.32. The highest BCUT2D eigenvalue weighted by Crippen LogP contribution is 2.45. The number of amides is 1. The zero-order chi connectivity index (χ0) is 15.1. The quantitative estimate of drug-likeness (QED) is 0.906. The molecule has 3 rings (SSSR count). The Hall–Kier alpha value is -1.43. The second kappa shape index (κ2) is 5.40. The number of halogens is 2. The predicted molar refractivity (Wildman–Crippen MR) is 77.1 cm³/mol. The van der Waals surface area contributed by atoms with Crippen molar-refractivity contribution in [3.63, 3.8) is 0 Å². The molecule has 2 fully saturated rings. The van der Waals surface area contributed by atoms with E-state index in [9.17, 15) is 19.1 Å². The largest absolute Gasteiger partial charge is 0.481 e. The van der Waals surface area contributed by atoms with Gasteiger partial charge in [0.1, 0.15) is 5.82 Å². The van der Waals surface area contributed by atoms with Gasteiger partial charge in [-0.25, -0.2) is 4.39 Å². The van der Waals surface area contributed by atoms with Crippen molar-refractivity contribution in [3.8, 4) is 0 Å². The molecule has 1 aromatic rings. The van der Waals surface area contributed by atoms with Crippen molar-refractivity contribution in [2.24, 2.45) is 5.92 Å². The third-order valence-corrected chi connectivity index (χ3v) is 4.89. The molecule has 0 spiro atoms. The van der Waals surface area contributed by atoms with E-state index in [-0.39, 0.29) is 18.4 Å². The number of rotatable bonds is 3. The molecular formula is C15H15BrFNO3. The molecule has 2 atom stereocenters. The number of piperidine rings is 1. The van der Waals surface area contributed by atoms with Crippen molar-refractivity contribution in [1.82, 2.24) is 4.90 Å². The number of hydrogen-bond donors (Lipinski definition) is 1.